The van der Waals surface area contributed by atoms with Gasteiger partial charge in [0.05, 0.1) is 29.8 Å². The number of nitrogens with two attached hydrogens (primary N) is 1. The van der Waals surface area contributed by atoms with Gasteiger partial charge in [-0.2, -0.15) is 0 Å². The van der Waals surface area contributed by atoms with Crippen LogP contribution in [0.4, 0.5) is 5.69 Å². The number of carbonyl (C=O) groups is 1. The molecule has 1 amide bonds. The average Bonchev–Trinajstić information content (AvgIpc) is 3.37. The van der Waals surface area contributed by atoms with Crippen molar-refractivity contribution in [2.75, 3.05) is 31.2 Å². The number of ether oxygens (including phenoxy) is 1. The molecule has 5 aromatic rings. The molecule has 2 aromatic heterocycles. The number of benzene rings is 3. The molecule has 40 heavy (non-hydrogen) atoms. The van der Waals surface area contributed by atoms with Crippen molar-refractivity contribution in [2.24, 2.45) is 5.73 Å². The smallest absolute Gasteiger partial charge is 0.267 e. The van der Waals surface area contributed by atoms with Crippen molar-refractivity contribution >= 4 is 22.5 Å². The molecule has 0 saturated carbocycles. The summed E-state index contributed by atoms with van der Waals surface area (Å²) in [4.78, 5) is 37.2. The van der Waals surface area contributed by atoms with Crippen LogP contribution in [0.5, 0.6) is 0 Å². The van der Waals surface area contributed by atoms with Crippen LogP contribution in [-0.2, 0) is 11.2 Å². The molecule has 1 saturated heterocycles. The lowest BCUT2D eigenvalue weighted by Gasteiger charge is -2.29. The number of fused-ring (bicyclic) bond motifs is 4. The third kappa shape index (κ3) is 3.79. The van der Waals surface area contributed by atoms with E-state index in [9.17, 15) is 9.59 Å². The number of nitrogens with zero attached hydrogens (tertiary/aromatic N) is 4. The first kappa shape index (κ1) is 24.2. The number of hydrogen-bond donors (Lipinski definition) is 1. The first-order valence-electron chi connectivity index (χ1n) is 13.4. The number of anilines is 1. The Morgan fingerprint density at radius 2 is 1.77 bits per heavy atom. The SMILES string of the molecule is Cc1c(-c2cnc(C(N)=O)c3c2-c2ccc(N4CCOCC4)cc2C3)cccc1-n1cnc2ccccc2c1=O. The summed E-state index contributed by atoms with van der Waals surface area (Å²) in [5.41, 5.74) is 15.3. The highest BCUT2D eigenvalue weighted by Crippen LogP contribution is 2.46. The van der Waals surface area contributed by atoms with Crippen LogP contribution in [-0.4, -0.2) is 46.7 Å². The zero-order valence-electron chi connectivity index (χ0n) is 22.1. The second-order valence-electron chi connectivity index (χ2n) is 10.2. The molecule has 7 rings (SSSR count). The molecule has 1 aliphatic heterocycles. The fraction of sp³-hybridized carbons (Fsp3) is 0.188. The van der Waals surface area contributed by atoms with Gasteiger partial charge in [0, 0.05) is 37.0 Å². The lowest BCUT2D eigenvalue weighted by Crippen LogP contribution is -2.36. The molecule has 0 atom stereocenters. The molecule has 2 aliphatic rings. The van der Waals surface area contributed by atoms with Gasteiger partial charge in [0.25, 0.3) is 11.5 Å². The quantitative estimate of drug-likeness (QED) is 0.366. The monoisotopic (exact) mass is 529 g/mol. The summed E-state index contributed by atoms with van der Waals surface area (Å²) >= 11 is 0. The summed E-state index contributed by atoms with van der Waals surface area (Å²) in [6.07, 6.45) is 3.89. The molecule has 0 radical (unpaired) electrons. The molecule has 2 N–H and O–H groups in total. The molecule has 1 fully saturated rings. The number of amides is 1. The zero-order valence-corrected chi connectivity index (χ0v) is 22.1. The first-order chi connectivity index (χ1) is 19.5. The first-order valence-corrected chi connectivity index (χ1v) is 13.4. The largest absolute Gasteiger partial charge is 0.378 e. The minimum Gasteiger partial charge on any atom is -0.378 e. The predicted molar refractivity (Wildman–Crippen MR) is 155 cm³/mol. The minimum absolute atomic E-state index is 0.126. The van der Waals surface area contributed by atoms with Gasteiger partial charge in [0.15, 0.2) is 0 Å². The molecular formula is C32H27N5O3. The number of rotatable bonds is 4. The molecule has 0 bridgehead atoms. The highest BCUT2D eigenvalue weighted by molar-refractivity contribution is 6.00. The summed E-state index contributed by atoms with van der Waals surface area (Å²) in [6, 6.07) is 19.7. The zero-order chi connectivity index (χ0) is 27.4. The molecule has 0 unspecified atom stereocenters. The third-order valence-electron chi connectivity index (χ3n) is 8.04. The van der Waals surface area contributed by atoms with Crippen molar-refractivity contribution in [1.82, 2.24) is 14.5 Å². The van der Waals surface area contributed by atoms with Crippen molar-refractivity contribution in [3.05, 3.63) is 106 Å². The van der Waals surface area contributed by atoms with E-state index in [2.05, 4.69) is 33.1 Å². The second-order valence-corrected chi connectivity index (χ2v) is 10.2. The van der Waals surface area contributed by atoms with E-state index < -0.39 is 5.91 Å². The van der Waals surface area contributed by atoms with E-state index >= 15 is 0 Å². The Balaban J connectivity index is 1.39. The van der Waals surface area contributed by atoms with Gasteiger partial charge in [-0.05, 0) is 70.6 Å². The number of para-hydroxylation sites is 1. The molecule has 0 spiro atoms. The van der Waals surface area contributed by atoms with Crippen molar-refractivity contribution in [3.63, 3.8) is 0 Å². The maximum atomic E-state index is 13.4. The molecule has 3 aromatic carbocycles. The van der Waals surface area contributed by atoms with Gasteiger partial charge in [-0.15, -0.1) is 0 Å². The van der Waals surface area contributed by atoms with Crippen LogP contribution in [0.15, 0.2) is 78.0 Å². The van der Waals surface area contributed by atoms with Crippen LogP contribution in [0.1, 0.15) is 27.2 Å². The van der Waals surface area contributed by atoms with Crippen molar-refractivity contribution in [3.8, 4) is 27.9 Å². The number of primary amides is 1. The molecule has 8 nitrogen and oxygen atoms in total. The summed E-state index contributed by atoms with van der Waals surface area (Å²) < 4.78 is 7.12. The van der Waals surface area contributed by atoms with E-state index in [1.165, 1.54) is 0 Å². The lowest BCUT2D eigenvalue weighted by atomic mass is 9.91. The minimum atomic E-state index is -0.539. The highest BCUT2D eigenvalue weighted by Gasteiger charge is 2.29. The molecule has 8 heteroatoms. The number of aromatic nitrogens is 3. The number of hydrogen-bond acceptors (Lipinski definition) is 6. The third-order valence-corrected chi connectivity index (χ3v) is 8.04. The van der Waals surface area contributed by atoms with Gasteiger partial charge in [-0.1, -0.05) is 30.3 Å². The number of carbonyl (C=O) groups excluding carboxylic acids is 1. The maximum absolute atomic E-state index is 13.4. The predicted octanol–water partition coefficient (Wildman–Crippen LogP) is 4.26. The van der Waals surface area contributed by atoms with Gasteiger partial charge in [0.2, 0.25) is 0 Å². The Bertz CT molecular complexity index is 1890. The van der Waals surface area contributed by atoms with Crippen LogP contribution in [0, 0.1) is 6.92 Å². The Morgan fingerprint density at radius 1 is 0.950 bits per heavy atom. The fourth-order valence-corrected chi connectivity index (χ4v) is 6.04. The average molecular weight is 530 g/mol. The lowest BCUT2D eigenvalue weighted by molar-refractivity contribution is 0.0995. The topological polar surface area (TPSA) is 103 Å². The van der Waals surface area contributed by atoms with Crippen molar-refractivity contribution in [2.45, 2.75) is 13.3 Å². The Kier molecular flexibility index (Phi) is 5.71. The second kappa shape index (κ2) is 9.43. The van der Waals surface area contributed by atoms with Gasteiger partial charge < -0.3 is 15.4 Å². The summed E-state index contributed by atoms with van der Waals surface area (Å²) in [5, 5.41) is 0.563. The van der Waals surface area contributed by atoms with Crippen LogP contribution in [0.2, 0.25) is 0 Å². The summed E-state index contributed by atoms with van der Waals surface area (Å²) in [5.74, 6) is -0.539. The van der Waals surface area contributed by atoms with Crippen LogP contribution >= 0.6 is 0 Å². The number of morpholine rings is 1. The molecular weight excluding hydrogens is 502 g/mol. The Hall–Kier alpha value is -4.82. The number of pyridine rings is 1. The van der Waals surface area contributed by atoms with Crippen LogP contribution in [0.25, 0.3) is 38.8 Å². The molecule has 1 aliphatic carbocycles. The van der Waals surface area contributed by atoms with E-state index in [0.29, 0.717) is 36.2 Å². The Labute approximate surface area is 230 Å². The van der Waals surface area contributed by atoms with Crippen molar-refractivity contribution < 1.29 is 9.53 Å². The van der Waals surface area contributed by atoms with Gasteiger partial charge >= 0.3 is 0 Å². The molecule has 198 valence electrons. The van der Waals surface area contributed by atoms with Gasteiger partial charge in [0.1, 0.15) is 12.0 Å². The summed E-state index contributed by atoms with van der Waals surface area (Å²) in [6.45, 7) is 5.11. The standard InChI is InChI=1S/C32H27N5O3/c1-19-22(6-4-8-28(19)37-18-35-27-7-3-2-5-24(27)32(37)39)26-17-34-30(31(33)38)25-16-20-15-21(9-10-23(20)29(25)26)36-11-13-40-14-12-36/h2-10,15,17-18H,11-14,16H2,1H3,(H2,33,38). The normalized spacial score (nSPS) is 14.3. The maximum Gasteiger partial charge on any atom is 0.267 e. The highest BCUT2D eigenvalue weighted by atomic mass is 16.5. The molecule has 3 heterocycles. The van der Waals surface area contributed by atoms with Gasteiger partial charge in [-0.3, -0.25) is 19.1 Å². The van der Waals surface area contributed by atoms with E-state index in [1.54, 1.807) is 23.2 Å². The van der Waals surface area contributed by atoms with Crippen molar-refractivity contribution in [1.29, 1.82) is 0 Å². The fourth-order valence-electron chi connectivity index (χ4n) is 6.04. The Morgan fingerprint density at radius 3 is 2.60 bits per heavy atom. The van der Waals surface area contributed by atoms with E-state index in [1.807, 2.05) is 43.3 Å². The van der Waals surface area contributed by atoms with E-state index in [4.69, 9.17) is 10.5 Å². The van der Waals surface area contributed by atoms with E-state index in [0.717, 1.165) is 63.4 Å². The summed E-state index contributed by atoms with van der Waals surface area (Å²) in [7, 11) is 0. The van der Waals surface area contributed by atoms with E-state index in [-0.39, 0.29) is 5.56 Å². The van der Waals surface area contributed by atoms with Crippen LogP contribution in [0.3, 0.4) is 0 Å². The van der Waals surface area contributed by atoms with Crippen LogP contribution < -0.4 is 16.2 Å². The van der Waals surface area contributed by atoms with Gasteiger partial charge in [-0.25, -0.2) is 4.98 Å².